The number of hydrogen-bond acceptors (Lipinski definition) is 6. The molecule has 0 bridgehead atoms. The quantitative estimate of drug-likeness (QED) is 0.436. The van der Waals surface area contributed by atoms with E-state index in [2.05, 4.69) is 11.0 Å². The number of likely N-dealkylation sites (tertiary alicyclic amines) is 1. The van der Waals surface area contributed by atoms with Gasteiger partial charge in [-0.25, -0.2) is 9.59 Å². The number of benzene rings is 2. The Hall–Kier alpha value is -3.11. The van der Waals surface area contributed by atoms with Crippen LogP contribution in [0.4, 0.5) is 0 Å². The van der Waals surface area contributed by atoms with Gasteiger partial charge in [-0.1, -0.05) is 41.4 Å². The second kappa shape index (κ2) is 13.6. The van der Waals surface area contributed by atoms with Crippen molar-refractivity contribution in [2.45, 2.75) is 31.4 Å². The zero-order chi connectivity index (χ0) is 27.8. The second-order valence-electron chi connectivity index (χ2n) is 9.02. The van der Waals surface area contributed by atoms with Crippen LogP contribution in [0.2, 0.25) is 10.0 Å². The largest absolute Gasteiger partial charge is 0.496 e. The van der Waals surface area contributed by atoms with Crippen LogP contribution in [-0.2, 0) is 27.2 Å². The standard InChI is InChI=1S/C23H26Cl2N2O3.C4H4O4/c1-30-22-4-2-3-17-18(22)8-10-27(21(17)14-26-9-7-16(28)13-26)23(29)12-15-5-6-19(24)20(25)11-15;5-3(6)1-2-4(7)8/h2-6,11,16,21,28H,7-10,12-14H2,1H3;1-2H,(H,5,6)(H,7,8)/b;2-1+. The van der Waals surface area contributed by atoms with Crippen molar-refractivity contribution >= 4 is 41.0 Å². The number of aliphatic carboxylic acids is 2. The minimum Gasteiger partial charge on any atom is -0.496 e. The summed E-state index contributed by atoms with van der Waals surface area (Å²) in [6.45, 7) is 2.81. The predicted octanol–water partition coefficient (Wildman–Crippen LogP) is 3.45. The minimum absolute atomic E-state index is 0.0617. The summed E-state index contributed by atoms with van der Waals surface area (Å²) in [5.74, 6) is -1.58. The summed E-state index contributed by atoms with van der Waals surface area (Å²) in [6.07, 6.45) is 2.62. The van der Waals surface area contributed by atoms with Gasteiger partial charge in [0.1, 0.15) is 5.75 Å². The molecule has 2 atom stereocenters. The lowest BCUT2D eigenvalue weighted by atomic mass is 9.90. The molecule has 0 spiro atoms. The van der Waals surface area contributed by atoms with Gasteiger partial charge in [0, 0.05) is 43.9 Å². The van der Waals surface area contributed by atoms with Crippen LogP contribution < -0.4 is 4.74 Å². The van der Waals surface area contributed by atoms with Gasteiger partial charge in [0.15, 0.2) is 0 Å². The molecule has 2 aromatic rings. The highest BCUT2D eigenvalue weighted by Crippen LogP contribution is 2.36. The molecule has 0 aromatic heterocycles. The number of carboxylic acid groups (broad SMARTS) is 2. The van der Waals surface area contributed by atoms with Crippen LogP contribution in [0.25, 0.3) is 0 Å². The topological polar surface area (TPSA) is 128 Å². The van der Waals surface area contributed by atoms with Crippen LogP contribution in [-0.4, -0.2) is 82.4 Å². The Morgan fingerprint density at radius 2 is 1.76 bits per heavy atom. The van der Waals surface area contributed by atoms with Gasteiger partial charge in [0.05, 0.1) is 35.7 Å². The number of methoxy groups -OCH3 is 1. The summed E-state index contributed by atoms with van der Waals surface area (Å²) < 4.78 is 5.58. The number of aliphatic hydroxyl groups excluding tert-OH is 1. The van der Waals surface area contributed by atoms with Crippen molar-refractivity contribution in [3.05, 3.63) is 75.3 Å². The molecule has 2 aromatic carbocycles. The highest BCUT2D eigenvalue weighted by molar-refractivity contribution is 6.42. The molecule has 0 radical (unpaired) electrons. The lowest BCUT2D eigenvalue weighted by molar-refractivity contribution is -0.134. The van der Waals surface area contributed by atoms with Gasteiger partial charge >= 0.3 is 11.9 Å². The van der Waals surface area contributed by atoms with E-state index in [0.29, 0.717) is 41.8 Å². The number of rotatable bonds is 7. The Kier molecular flexibility index (Phi) is 10.6. The molecule has 3 N–H and O–H groups in total. The van der Waals surface area contributed by atoms with Crippen LogP contribution in [0.5, 0.6) is 5.75 Å². The van der Waals surface area contributed by atoms with Crippen LogP contribution in [0.15, 0.2) is 48.6 Å². The molecule has 2 unspecified atom stereocenters. The number of carbonyl (C=O) groups excluding carboxylic acids is 1. The van der Waals surface area contributed by atoms with Gasteiger partial charge in [0.25, 0.3) is 0 Å². The number of carbonyl (C=O) groups is 3. The molecule has 2 aliphatic heterocycles. The number of fused-ring (bicyclic) bond motifs is 1. The van der Waals surface area contributed by atoms with E-state index in [1.165, 1.54) is 5.56 Å². The number of amides is 1. The van der Waals surface area contributed by atoms with Crippen molar-refractivity contribution in [3.63, 3.8) is 0 Å². The summed E-state index contributed by atoms with van der Waals surface area (Å²) in [6, 6.07) is 11.3. The van der Waals surface area contributed by atoms with Crippen LogP contribution in [0.1, 0.15) is 29.2 Å². The first-order valence-corrected chi connectivity index (χ1v) is 12.8. The maximum absolute atomic E-state index is 13.3. The average Bonchev–Trinajstić information content (AvgIpc) is 3.29. The summed E-state index contributed by atoms with van der Waals surface area (Å²) in [4.78, 5) is 36.6. The Bertz CT molecular complexity index is 1190. The molecule has 204 valence electrons. The summed E-state index contributed by atoms with van der Waals surface area (Å²) in [5.41, 5.74) is 3.15. The van der Waals surface area contributed by atoms with Crippen molar-refractivity contribution in [1.29, 1.82) is 0 Å². The molecular weight excluding hydrogens is 535 g/mol. The van der Waals surface area contributed by atoms with Crippen LogP contribution in [0, 0.1) is 0 Å². The van der Waals surface area contributed by atoms with Gasteiger partial charge < -0.3 is 25.0 Å². The number of halogens is 2. The van der Waals surface area contributed by atoms with Gasteiger partial charge in [-0.05, 0) is 42.2 Å². The lowest BCUT2D eigenvalue weighted by Gasteiger charge is -2.40. The highest BCUT2D eigenvalue weighted by Gasteiger charge is 2.34. The first kappa shape index (κ1) is 29.4. The van der Waals surface area contributed by atoms with E-state index >= 15 is 0 Å². The smallest absolute Gasteiger partial charge is 0.328 e. The van der Waals surface area contributed by atoms with Crippen molar-refractivity contribution in [2.24, 2.45) is 0 Å². The molecule has 2 aliphatic rings. The van der Waals surface area contributed by atoms with E-state index in [1.807, 2.05) is 23.1 Å². The summed E-state index contributed by atoms with van der Waals surface area (Å²) in [5, 5.41) is 26.5. The van der Waals surface area contributed by atoms with Crippen molar-refractivity contribution in [1.82, 2.24) is 9.80 Å². The van der Waals surface area contributed by atoms with Crippen molar-refractivity contribution in [2.75, 3.05) is 33.3 Å². The third kappa shape index (κ3) is 7.94. The maximum Gasteiger partial charge on any atom is 0.328 e. The Morgan fingerprint density at radius 3 is 2.34 bits per heavy atom. The molecule has 0 saturated carbocycles. The molecule has 1 amide bonds. The number of hydrogen-bond donors (Lipinski definition) is 3. The molecule has 1 saturated heterocycles. The highest BCUT2D eigenvalue weighted by atomic mass is 35.5. The SMILES string of the molecule is COc1cccc2c1CCN(C(=O)Cc1ccc(Cl)c(Cl)c1)C2CN1CCC(O)C1.O=C(O)/C=C/C(=O)O. The van der Waals surface area contributed by atoms with Crippen LogP contribution >= 0.6 is 23.2 Å². The monoisotopic (exact) mass is 564 g/mol. The molecule has 11 heteroatoms. The van der Waals surface area contributed by atoms with Crippen molar-refractivity contribution < 1.29 is 34.4 Å². The Balaban J connectivity index is 0.000000436. The molecule has 38 heavy (non-hydrogen) atoms. The van der Waals surface area contributed by atoms with E-state index in [4.69, 9.17) is 38.2 Å². The fourth-order valence-electron chi connectivity index (χ4n) is 4.70. The van der Waals surface area contributed by atoms with Crippen molar-refractivity contribution in [3.8, 4) is 5.75 Å². The third-order valence-corrected chi connectivity index (χ3v) is 7.17. The zero-order valence-electron chi connectivity index (χ0n) is 20.8. The number of nitrogens with zero attached hydrogens (tertiary/aromatic N) is 2. The van der Waals surface area contributed by atoms with Gasteiger partial charge in [0.2, 0.25) is 5.91 Å². The van der Waals surface area contributed by atoms with Gasteiger partial charge in [-0.2, -0.15) is 0 Å². The maximum atomic E-state index is 13.3. The second-order valence-corrected chi connectivity index (χ2v) is 9.83. The van der Waals surface area contributed by atoms with Gasteiger partial charge in [-0.3, -0.25) is 9.69 Å². The fraction of sp³-hybridized carbons (Fsp3) is 0.370. The molecule has 4 rings (SSSR count). The third-order valence-electron chi connectivity index (χ3n) is 6.43. The minimum atomic E-state index is -1.26. The lowest BCUT2D eigenvalue weighted by Crippen LogP contribution is -2.45. The summed E-state index contributed by atoms with van der Waals surface area (Å²) >= 11 is 12.2. The predicted molar refractivity (Wildman–Crippen MR) is 143 cm³/mol. The molecule has 2 heterocycles. The molecular formula is C27H30Cl2N2O7. The first-order chi connectivity index (χ1) is 18.1. The number of ether oxygens (including phenoxy) is 1. The fourth-order valence-corrected chi connectivity index (χ4v) is 5.02. The number of carboxylic acids is 2. The van der Waals surface area contributed by atoms with E-state index in [0.717, 1.165) is 36.3 Å². The number of aliphatic hydroxyl groups is 1. The first-order valence-electron chi connectivity index (χ1n) is 12.0. The Labute approximate surface area is 230 Å². The van der Waals surface area contributed by atoms with Gasteiger partial charge in [-0.15, -0.1) is 0 Å². The van der Waals surface area contributed by atoms with E-state index < -0.39 is 11.9 Å². The normalized spacial score (nSPS) is 19.0. The van der Waals surface area contributed by atoms with E-state index in [9.17, 15) is 19.5 Å². The molecule has 9 nitrogen and oxygen atoms in total. The molecule has 0 aliphatic carbocycles. The Morgan fingerprint density at radius 1 is 1.05 bits per heavy atom. The molecule has 1 fully saturated rings. The van der Waals surface area contributed by atoms with Crippen LogP contribution in [0.3, 0.4) is 0 Å². The average molecular weight is 565 g/mol. The summed E-state index contributed by atoms with van der Waals surface area (Å²) in [7, 11) is 1.68. The number of β-amino-alcohol motifs (C(OH)–C–C–N with tert-alkyl or cyclic N) is 1. The van der Waals surface area contributed by atoms with E-state index in [-0.39, 0.29) is 24.5 Å². The zero-order valence-corrected chi connectivity index (χ0v) is 22.4. The van der Waals surface area contributed by atoms with E-state index in [1.54, 1.807) is 19.2 Å².